The molecule has 0 aromatic carbocycles. The van der Waals surface area contributed by atoms with Crippen LogP contribution in [0.25, 0.3) is 11.4 Å². The van der Waals surface area contributed by atoms with Gasteiger partial charge in [-0.2, -0.15) is 0 Å². The quantitative estimate of drug-likeness (QED) is 0.659. The van der Waals surface area contributed by atoms with Crippen molar-refractivity contribution >= 4 is 28.2 Å². The number of amides is 1. The molecule has 3 rings (SSSR count). The topological polar surface area (TPSA) is 134 Å². The number of nitrogens with two attached hydrogens (primary N) is 2. The van der Waals surface area contributed by atoms with E-state index in [-0.39, 0.29) is 11.7 Å². The van der Waals surface area contributed by atoms with Crippen LogP contribution in [-0.4, -0.2) is 70.2 Å². The largest absolute Gasteiger partial charge is 0.395 e. The molecular weight excluding hydrogens is 342 g/mol. The fourth-order valence-electron chi connectivity index (χ4n) is 2.85. The number of rotatable bonds is 5. The van der Waals surface area contributed by atoms with Gasteiger partial charge in [0.05, 0.1) is 12.3 Å². The van der Waals surface area contributed by atoms with Gasteiger partial charge in [0.1, 0.15) is 22.2 Å². The van der Waals surface area contributed by atoms with Gasteiger partial charge in [0.25, 0.3) is 5.91 Å². The average Bonchev–Trinajstić information content (AvgIpc) is 2.97. The number of β-amino-alcohol motifs (C(OH)–C–C–N with tert-alkyl or cyclic N) is 1. The van der Waals surface area contributed by atoms with E-state index in [2.05, 4.69) is 24.8 Å². The summed E-state index contributed by atoms with van der Waals surface area (Å²) in [5.74, 6) is 0.806. The third-order valence-corrected chi connectivity index (χ3v) is 4.95. The van der Waals surface area contributed by atoms with E-state index in [1.54, 1.807) is 6.92 Å². The fraction of sp³-hybridized carbons (Fsp3) is 0.467. The van der Waals surface area contributed by atoms with Crippen LogP contribution in [0.3, 0.4) is 0 Å². The Hall–Kier alpha value is -2.30. The minimum absolute atomic E-state index is 0.165. The zero-order valence-corrected chi connectivity index (χ0v) is 14.8. The Labute approximate surface area is 149 Å². The molecule has 1 aliphatic rings. The molecule has 0 aliphatic carbocycles. The number of piperazine rings is 1. The molecule has 3 heterocycles. The second kappa shape index (κ2) is 7.30. The summed E-state index contributed by atoms with van der Waals surface area (Å²) in [6.07, 6.45) is 0. The number of nitrogen functional groups attached to an aromatic ring is 1. The molecule has 2 aromatic rings. The highest BCUT2D eigenvalue weighted by atomic mass is 32.1. The molecule has 1 fully saturated rings. The number of hydrogen-bond donors (Lipinski definition) is 3. The van der Waals surface area contributed by atoms with Crippen molar-refractivity contribution in [3.8, 4) is 11.4 Å². The maximum Gasteiger partial charge on any atom is 0.261 e. The van der Waals surface area contributed by atoms with Crippen LogP contribution in [0.2, 0.25) is 0 Å². The molecule has 0 bridgehead atoms. The first-order valence-electron chi connectivity index (χ1n) is 7.98. The van der Waals surface area contributed by atoms with Crippen molar-refractivity contribution in [2.24, 2.45) is 5.73 Å². The summed E-state index contributed by atoms with van der Waals surface area (Å²) < 4.78 is 0. The summed E-state index contributed by atoms with van der Waals surface area (Å²) in [4.78, 5) is 29.4. The van der Waals surface area contributed by atoms with Crippen LogP contribution in [0.4, 0.5) is 10.9 Å². The Balaban J connectivity index is 1.88. The number of thiazole rings is 1. The van der Waals surface area contributed by atoms with Gasteiger partial charge >= 0.3 is 0 Å². The first-order chi connectivity index (χ1) is 12.0. The van der Waals surface area contributed by atoms with Gasteiger partial charge in [0, 0.05) is 38.8 Å². The SMILES string of the molecule is Cc1nc(-c2nc(N)sc2C(N)=O)cc(N2CCN(CCO)CC2)n1. The van der Waals surface area contributed by atoms with E-state index in [1.165, 1.54) is 0 Å². The zero-order chi connectivity index (χ0) is 18.0. The standard InChI is InChI=1S/C15H21N7O2S/c1-9-18-10(12-13(14(16)24)25-15(17)20-12)8-11(19-9)22-4-2-21(3-5-22)6-7-23/h8,23H,2-7H2,1H3,(H2,16,24)(H2,17,20). The third kappa shape index (κ3) is 3.86. The molecule has 1 aliphatic heterocycles. The molecule has 0 spiro atoms. The maximum absolute atomic E-state index is 11.6. The van der Waals surface area contributed by atoms with Crippen LogP contribution in [0.5, 0.6) is 0 Å². The first kappa shape index (κ1) is 17.5. The van der Waals surface area contributed by atoms with Crippen LogP contribution < -0.4 is 16.4 Å². The van der Waals surface area contributed by atoms with Gasteiger partial charge in [-0.3, -0.25) is 9.69 Å². The number of carbonyl (C=O) groups excluding carboxylic acids is 1. The van der Waals surface area contributed by atoms with E-state index in [4.69, 9.17) is 16.6 Å². The smallest absolute Gasteiger partial charge is 0.261 e. The minimum Gasteiger partial charge on any atom is -0.395 e. The number of aromatic nitrogens is 3. The number of nitrogens with zero attached hydrogens (tertiary/aromatic N) is 5. The Morgan fingerprint density at radius 1 is 1.28 bits per heavy atom. The molecule has 1 amide bonds. The van der Waals surface area contributed by atoms with Crippen molar-refractivity contribution in [3.63, 3.8) is 0 Å². The van der Waals surface area contributed by atoms with E-state index in [1.807, 2.05) is 6.07 Å². The molecule has 0 atom stereocenters. The van der Waals surface area contributed by atoms with Crippen molar-refractivity contribution in [1.29, 1.82) is 0 Å². The number of aryl methyl sites for hydroxylation is 1. The molecule has 10 heteroatoms. The predicted molar refractivity (Wildman–Crippen MR) is 96.5 cm³/mol. The highest BCUT2D eigenvalue weighted by Gasteiger charge is 2.22. The molecule has 5 N–H and O–H groups in total. The van der Waals surface area contributed by atoms with E-state index in [0.29, 0.717) is 28.6 Å². The lowest BCUT2D eigenvalue weighted by atomic mass is 10.2. The number of carbonyl (C=O) groups is 1. The summed E-state index contributed by atoms with van der Waals surface area (Å²) >= 11 is 1.06. The Morgan fingerprint density at radius 3 is 2.64 bits per heavy atom. The van der Waals surface area contributed by atoms with Crippen LogP contribution >= 0.6 is 11.3 Å². The monoisotopic (exact) mass is 363 g/mol. The molecule has 25 heavy (non-hydrogen) atoms. The Kier molecular flexibility index (Phi) is 5.11. The van der Waals surface area contributed by atoms with E-state index < -0.39 is 5.91 Å². The summed E-state index contributed by atoms with van der Waals surface area (Å²) in [5, 5.41) is 9.32. The number of hydrogen-bond acceptors (Lipinski definition) is 9. The zero-order valence-electron chi connectivity index (χ0n) is 14.0. The van der Waals surface area contributed by atoms with E-state index in [9.17, 15) is 4.79 Å². The third-order valence-electron chi connectivity index (χ3n) is 4.05. The molecule has 9 nitrogen and oxygen atoms in total. The fourth-order valence-corrected chi connectivity index (χ4v) is 3.55. The van der Waals surface area contributed by atoms with Gasteiger partial charge in [0.2, 0.25) is 0 Å². The van der Waals surface area contributed by atoms with Gasteiger partial charge in [-0.1, -0.05) is 11.3 Å². The van der Waals surface area contributed by atoms with Crippen molar-refractivity contribution in [1.82, 2.24) is 19.9 Å². The molecule has 1 saturated heterocycles. The lowest BCUT2D eigenvalue weighted by Crippen LogP contribution is -2.47. The van der Waals surface area contributed by atoms with E-state index in [0.717, 1.165) is 43.3 Å². The Bertz CT molecular complexity index is 771. The van der Waals surface area contributed by atoms with Crippen molar-refractivity contribution in [2.75, 3.05) is 50.0 Å². The average molecular weight is 363 g/mol. The summed E-state index contributed by atoms with van der Waals surface area (Å²) in [5.41, 5.74) is 12.1. The Morgan fingerprint density at radius 2 is 2.00 bits per heavy atom. The van der Waals surface area contributed by atoms with Crippen molar-refractivity contribution < 1.29 is 9.90 Å². The predicted octanol–water partition coefficient (Wildman–Crippen LogP) is -0.296. The number of aliphatic hydroxyl groups excluding tert-OH is 1. The normalized spacial score (nSPS) is 15.5. The van der Waals surface area contributed by atoms with Crippen LogP contribution in [-0.2, 0) is 0 Å². The molecule has 0 unspecified atom stereocenters. The van der Waals surface area contributed by atoms with Crippen LogP contribution in [0.15, 0.2) is 6.07 Å². The second-order valence-corrected chi connectivity index (χ2v) is 6.84. The van der Waals surface area contributed by atoms with Crippen LogP contribution in [0.1, 0.15) is 15.5 Å². The highest BCUT2D eigenvalue weighted by molar-refractivity contribution is 7.17. The lowest BCUT2D eigenvalue weighted by Gasteiger charge is -2.35. The lowest BCUT2D eigenvalue weighted by molar-refractivity contribution is 0.100. The second-order valence-electron chi connectivity index (χ2n) is 5.80. The molecule has 0 saturated carbocycles. The molecule has 134 valence electrons. The first-order valence-corrected chi connectivity index (χ1v) is 8.80. The minimum atomic E-state index is -0.570. The number of primary amides is 1. The van der Waals surface area contributed by atoms with Crippen molar-refractivity contribution in [2.45, 2.75) is 6.92 Å². The summed E-state index contributed by atoms with van der Waals surface area (Å²) in [7, 11) is 0. The molecule has 2 aromatic heterocycles. The van der Waals surface area contributed by atoms with Gasteiger partial charge in [-0.25, -0.2) is 15.0 Å². The molecule has 0 radical (unpaired) electrons. The van der Waals surface area contributed by atoms with Gasteiger partial charge in [-0.05, 0) is 6.92 Å². The summed E-state index contributed by atoms with van der Waals surface area (Å²) in [6, 6.07) is 1.82. The maximum atomic E-state index is 11.6. The van der Waals surface area contributed by atoms with Crippen molar-refractivity contribution in [3.05, 3.63) is 16.8 Å². The molecular formula is C15H21N7O2S. The van der Waals surface area contributed by atoms with Gasteiger partial charge in [-0.15, -0.1) is 0 Å². The summed E-state index contributed by atoms with van der Waals surface area (Å²) in [6.45, 7) is 5.97. The van der Waals surface area contributed by atoms with Gasteiger partial charge in [0.15, 0.2) is 5.13 Å². The highest BCUT2D eigenvalue weighted by Crippen LogP contribution is 2.30. The van der Waals surface area contributed by atoms with E-state index >= 15 is 0 Å². The van der Waals surface area contributed by atoms with Gasteiger partial charge < -0.3 is 21.5 Å². The van der Waals surface area contributed by atoms with Crippen LogP contribution in [0, 0.1) is 6.92 Å². The number of anilines is 2. The number of aliphatic hydroxyl groups is 1.